The first kappa shape index (κ1) is 16.4. The standard InChI is InChI=1S/C17H18ClN5OS/c18-13-5-6-15-20-21-17(23(15)11-13)22-7-1-3-12(10-22)16(24)19-9-14-4-2-8-25-14/h2,4-6,8,11-12H,1,3,7,9-10H2,(H,19,24)/t12-/m1/s1. The van der Waals surface area contributed by atoms with Crippen LogP contribution in [-0.2, 0) is 11.3 Å². The molecule has 0 spiro atoms. The maximum absolute atomic E-state index is 12.5. The minimum Gasteiger partial charge on any atom is -0.351 e. The van der Waals surface area contributed by atoms with Crippen LogP contribution in [0.1, 0.15) is 17.7 Å². The molecule has 1 aliphatic rings. The number of hydrogen-bond donors (Lipinski definition) is 1. The van der Waals surface area contributed by atoms with Crippen molar-refractivity contribution in [2.75, 3.05) is 18.0 Å². The minimum absolute atomic E-state index is 0.0414. The lowest BCUT2D eigenvalue weighted by Gasteiger charge is -2.31. The lowest BCUT2D eigenvalue weighted by molar-refractivity contribution is -0.125. The SMILES string of the molecule is O=C(NCc1cccs1)[C@@H]1CCCN(c2nnc3ccc(Cl)cn23)C1. The first-order valence-corrected chi connectivity index (χ1v) is 9.52. The van der Waals surface area contributed by atoms with E-state index in [9.17, 15) is 4.79 Å². The van der Waals surface area contributed by atoms with E-state index < -0.39 is 0 Å². The van der Waals surface area contributed by atoms with Crippen LogP contribution in [0.3, 0.4) is 0 Å². The topological polar surface area (TPSA) is 62.5 Å². The molecule has 130 valence electrons. The summed E-state index contributed by atoms with van der Waals surface area (Å²) in [5.74, 6) is 0.804. The Hall–Kier alpha value is -2.12. The van der Waals surface area contributed by atoms with E-state index in [1.165, 1.54) is 4.88 Å². The average Bonchev–Trinajstić information content (AvgIpc) is 3.29. The van der Waals surface area contributed by atoms with Crippen molar-refractivity contribution in [3.8, 4) is 0 Å². The van der Waals surface area contributed by atoms with Gasteiger partial charge in [-0.2, -0.15) is 0 Å². The summed E-state index contributed by atoms with van der Waals surface area (Å²) in [5.41, 5.74) is 0.753. The summed E-state index contributed by atoms with van der Waals surface area (Å²) in [4.78, 5) is 15.8. The van der Waals surface area contributed by atoms with Crippen LogP contribution in [-0.4, -0.2) is 33.6 Å². The Morgan fingerprint density at radius 1 is 1.36 bits per heavy atom. The molecule has 0 aliphatic carbocycles. The number of pyridine rings is 1. The van der Waals surface area contributed by atoms with Crippen molar-refractivity contribution in [2.24, 2.45) is 5.92 Å². The molecule has 3 aromatic heterocycles. The van der Waals surface area contributed by atoms with E-state index in [2.05, 4.69) is 20.4 Å². The lowest BCUT2D eigenvalue weighted by atomic mass is 9.97. The number of anilines is 1. The highest BCUT2D eigenvalue weighted by Gasteiger charge is 2.28. The zero-order valence-electron chi connectivity index (χ0n) is 13.6. The van der Waals surface area contributed by atoms with E-state index in [1.807, 2.05) is 34.2 Å². The average molecular weight is 376 g/mol. The number of hydrogen-bond acceptors (Lipinski definition) is 5. The predicted molar refractivity (Wildman–Crippen MR) is 99.1 cm³/mol. The Labute approximate surface area is 154 Å². The Bertz CT molecular complexity index is 878. The molecule has 6 nitrogen and oxygen atoms in total. The second kappa shape index (κ2) is 7.01. The Morgan fingerprint density at radius 2 is 2.28 bits per heavy atom. The summed E-state index contributed by atoms with van der Waals surface area (Å²) in [6, 6.07) is 7.67. The first-order valence-electron chi connectivity index (χ1n) is 8.26. The van der Waals surface area contributed by atoms with Crippen molar-refractivity contribution in [3.05, 3.63) is 45.7 Å². The number of thiophene rings is 1. The van der Waals surface area contributed by atoms with Gasteiger partial charge in [0.05, 0.1) is 17.5 Å². The quantitative estimate of drug-likeness (QED) is 0.761. The molecule has 1 atom stereocenters. The van der Waals surface area contributed by atoms with E-state index in [-0.39, 0.29) is 11.8 Å². The fourth-order valence-electron chi connectivity index (χ4n) is 3.17. The van der Waals surface area contributed by atoms with Crippen LogP contribution in [0.4, 0.5) is 5.95 Å². The maximum Gasteiger partial charge on any atom is 0.231 e. The summed E-state index contributed by atoms with van der Waals surface area (Å²) >= 11 is 7.75. The molecule has 1 amide bonds. The summed E-state index contributed by atoms with van der Waals surface area (Å²) in [7, 11) is 0. The maximum atomic E-state index is 12.5. The lowest BCUT2D eigenvalue weighted by Crippen LogP contribution is -2.43. The molecular weight excluding hydrogens is 358 g/mol. The predicted octanol–water partition coefficient (Wildman–Crippen LogP) is 2.98. The Balaban J connectivity index is 1.46. The van der Waals surface area contributed by atoms with Crippen LogP contribution >= 0.6 is 22.9 Å². The zero-order valence-corrected chi connectivity index (χ0v) is 15.1. The van der Waals surface area contributed by atoms with Gasteiger partial charge in [-0.3, -0.25) is 9.20 Å². The summed E-state index contributed by atoms with van der Waals surface area (Å²) in [5, 5.41) is 14.2. The molecule has 0 radical (unpaired) electrons. The van der Waals surface area contributed by atoms with Crippen molar-refractivity contribution in [1.82, 2.24) is 19.9 Å². The van der Waals surface area contributed by atoms with Gasteiger partial charge in [-0.15, -0.1) is 21.5 Å². The summed E-state index contributed by atoms with van der Waals surface area (Å²) in [6.45, 7) is 2.10. The Kier molecular flexibility index (Phi) is 4.59. The third-order valence-electron chi connectivity index (χ3n) is 4.44. The highest BCUT2D eigenvalue weighted by molar-refractivity contribution is 7.09. The van der Waals surface area contributed by atoms with Crippen molar-refractivity contribution in [2.45, 2.75) is 19.4 Å². The number of piperidine rings is 1. The molecule has 1 fully saturated rings. The zero-order chi connectivity index (χ0) is 17.2. The van der Waals surface area contributed by atoms with Gasteiger partial charge in [-0.05, 0) is 36.4 Å². The number of amides is 1. The van der Waals surface area contributed by atoms with Crippen molar-refractivity contribution in [3.63, 3.8) is 0 Å². The molecule has 0 saturated carbocycles. The molecule has 0 aromatic carbocycles. The smallest absolute Gasteiger partial charge is 0.231 e. The van der Waals surface area contributed by atoms with E-state index in [0.717, 1.165) is 31.0 Å². The fourth-order valence-corrected chi connectivity index (χ4v) is 3.98. The minimum atomic E-state index is -0.0414. The van der Waals surface area contributed by atoms with Crippen molar-refractivity contribution < 1.29 is 4.79 Å². The molecule has 4 rings (SSSR count). The monoisotopic (exact) mass is 375 g/mol. The molecule has 25 heavy (non-hydrogen) atoms. The molecule has 0 unspecified atom stereocenters. The van der Waals surface area contributed by atoms with Gasteiger partial charge in [0.15, 0.2) is 5.65 Å². The number of fused-ring (bicyclic) bond motifs is 1. The summed E-state index contributed by atoms with van der Waals surface area (Å²) < 4.78 is 1.88. The second-order valence-electron chi connectivity index (χ2n) is 6.16. The highest BCUT2D eigenvalue weighted by Crippen LogP contribution is 2.24. The van der Waals surface area contributed by atoms with Gasteiger partial charge in [0.2, 0.25) is 11.9 Å². The van der Waals surface area contributed by atoms with E-state index in [0.29, 0.717) is 18.1 Å². The van der Waals surface area contributed by atoms with E-state index >= 15 is 0 Å². The van der Waals surface area contributed by atoms with Crippen LogP contribution in [0, 0.1) is 5.92 Å². The van der Waals surface area contributed by atoms with Gasteiger partial charge in [0.25, 0.3) is 0 Å². The molecule has 4 heterocycles. The number of carbonyl (C=O) groups excluding carboxylic acids is 1. The Morgan fingerprint density at radius 3 is 3.12 bits per heavy atom. The largest absolute Gasteiger partial charge is 0.351 e. The summed E-state index contributed by atoms with van der Waals surface area (Å²) in [6.07, 6.45) is 3.66. The van der Waals surface area contributed by atoms with Gasteiger partial charge >= 0.3 is 0 Å². The van der Waals surface area contributed by atoms with Crippen LogP contribution in [0.2, 0.25) is 5.02 Å². The number of halogens is 1. The van der Waals surface area contributed by atoms with Crippen LogP contribution < -0.4 is 10.2 Å². The molecule has 1 N–H and O–H groups in total. The molecule has 8 heteroatoms. The third kappa shape index (κ3) is 3.48. The second-order valence-corrected chi connectivity index (χ2v) is 7.63. The number of aromatic nitrogens is 3. The van der Waals surface area contributed by atoms with Crippen molar-refractivity contribution in [1.29, 1.82) is 0 Å². The fraction of sp³-hybridized carbons (Fsp3) is 0.353. The van der Waals surface area contributed by atoms with Crippen LogP contribution in [0.25, 0.3) is 5.65 Å². The van der Waals surface area contributed by atoms with E-state index in [4.69, 9.17) is 11.6 Å². The number of carbonyl (C=O) groups is 1. The highest BCUT2D eigenvalue weighted by atomic mass is 35.5. The number of nitrogens with one attached hydrogen (secondary N) is 1. The molecular formula is C17H18ClN5OS. The van der Waals surface area contributed by atoms with Gasteiger partial charge in [0.1, 0.15) is 0 Å². The van der Waals surface area contributed by atoms with Crippen LogP contribution in [0.15, 0.2) is 35.8 Å². The normalized spacial score (nSPS) is 17.8. The van der Waals surface area contributed by atoms with E-state index in [1.54, 1.807) is 17.4 Å². The van der Waals surface area contributed by atoms with Gasteiger partial charge in [-0.1, -0.05) is 17.7 Å². The van der Waals surface area contributed by atoms with Gasteiger partial charge in [0, 0.05) is 24.2 Å². The molecule has 0 bridgehead atoms. The van der Waals surface area contributed by atoms with Crippen LogP contribution in [0.5, 0.6) is 0 Å². The number of nitrogens with zero attached hydrogens (tertiary/aromatic N) is 4. The van der Waals surface area contributed by atoms with Crippen molar-refractivity contribution >= 4 is 40.4 Å². The van der Waals surface area contributed by atoms with Gasteiger partial charge < -0.3 is 10.2 Å². The first-order chi connectivity index (χ1) is 12.2. The van der Waals surface area contributed by atoms with Gasteiger partial charge in [-0.25, -0.2) is 0 Å². The third-order valence-corrected chi connectivity index (χ3v) is 5.54. The molecule has 3 aromatic rings. The molecule has 1 aliphatic heterocycles. The molecule has 1 saturated heterocycles. The number of rotatable bonds is 4.